The molecule has 4 heteroatoms. The standard InChI is InChI=1S/C10H14N2OS/c11-10(13)12-9(7-14)6-8-4-2-1-3-5-8/h1-5,9,14H,6-7H2,(H3,11,12,13). The Morgan fingerprint density at radius 2 is 2.07 bits per heavy atom. The normalized spacial score (nSPS) is 12.1. The Kier molecular flexibility index (Phi) is 4.32. The Hall–Kier alpha value is -1.16. The van der Waals surface area contributed by atoms with Gasteiger partial charge in [0.25, 0.3) is 0 Å². The lowest BCUT2D eigenvalue weighted by atomic mass is 10.1. The molecule has 1 unspecified atom stereocenters. The van der Waals surface area contributed by atoms with E-state index in [1.165, 1.54) is 5.56 Å². The SMILES string of the molecule is NC(=O)NC(CS)Cc1ccccc1. The molecule has 0 aliphatic rings. The molecule has 0 spiro atoms. The van der Waals surface area contributed by atoms with Crippen LogP contribution in [-0.2, 0) is 6.42 Å². The third-order valence-electron chi connectivity index (χ3n) is 1.89. The van der Waals surface area contributed by atoms with Crippen LogP contribution in [0.4, 0.5) is 4.79 Å². The number of hydrogen-bond acceptors (Lipinski definition) is 2. The van der Waals surface area contributed by atoms with Gasteiger partial charge in [-0.05, 0) is 12.0 Å². The summed E-state index contributed by atoms with van der Waals surface area (Å²) in [6.45, 7) is 0. The second kappa shape index (κ2) is 5.54. The van der Waals surface area contributed by atoms with Gasteiger partial charge in [-0.1, -0.05) is 30.3 Å². The van der Waals surface area contributed by atoms with Crippen LogP contribution < -0.4 is 11.1 Å². The quantitative estimate of drug-likeness (QED) is 0.643. The summed E-state index contributed by atoms with van der Waals surface area (Å²) in [6.07, 6.45) is 0.757. The number of carbonyl (C=O) groups excluding carboxylic acids is 1. The molecule has 0 radical (unpaired) electrons. The first-order valence-electron chi connectivity index (χ1n) is 4.43. The Morgan fingerprint density at radius 3 is 2.57 bits per heavy atom. The van der Waals surface area contributed by atoms with Crippen molar-refractivity contribution in [2.45, 2.75) is 12.5 Å². The molecule has 3 nitrogen and oxygen atoms in total. The van der Waals surface area contributed by atoms with Crippen molar-refractivity contribution >= 4 is 18.7 Å². The van der Waals surface area contributed by atoms with Crippen LogP contribution in [0.3, 0.4) is 0 Å². The smallest absolute Gasteiger partial charge is 0.312 e. The molecule has 0 fully saturated rings. The number of nitrogens with two attached hydrogens (primary N) is 1. The van der Waals surface area contributed by atoms with E-state index >= 15 is 0 Å². The van der Waals surface area contributed by atoms with E-state index in [9.17, 15) is 4.79 Å². The van der Waals surface area contributed by atoms with Crippen molar-refractivity contribution in [2.24, 2.45) is 5.73 Å². The van der Waals surface area contributed by atoms with Gasteiger partial charge in [-0.25, -0.2) is 4.79 Å². The fourth-order valence-electron chi connectivity index (χ4n) is 1.26. The fraction of sp³-hybridized carbons (Fsp3) is 0.300. The maximum absolute atomic E-state index is 10.6. The second-order valence-electron chi connectivity index (χ2n) is 3.08. The predicted octanol–water partition coefficient (Wildman–Crippen LogP) is 1.20. The number of primary amides is 1. The van der Waals surface area contributed by atoms with E-state index in [1.807, 2.05) is 30.3 Å². The summed E-state index contributed by atoms with van der Waals surface area (Å²) >= 11 is 4.15. The Bertz CT molecular complexity index is 289. The van der Waals surface area contributed by atoms with Crippen molar-refractivity contribution in [2.75, 3.05) is 5.75 Å². The molecule has 14 heavy (non-hydrogen) atoms. The van der Waals surface area contributed by atoms with Crippen molar-refractivity contribution in [1.82, 2.24) is 5.32 Å². The van der Waals surface area contributed by atoms with Crippen LogP contribution >= 0.6 is 12.6 Å². The van der Waals surface area contributed by atoms with Gasteiger partial charge in [0.1, 0.15) is 0 Å². The average Bonchev–Trinajstić information content (AvgIpc) is 2.17. The Morgan fingerprint density at radius 1 is 1.43 bits per heavy atom. The highest BCUT2D eigenvalue weighted by Crippen LogP contribution is 2.03. The predicted molar refractivity (Wildman–Crippen MR) is 60.5 cm³/mol. The molecule has 0 saturated carbocycles. The molecule has 0 saturated heterocycles. The summed E-state index contributed by atoms with van der Waals surface area (Å²) in [6, 6.07) is 9.42. The van der Waals surface area contributed by atoms with E-state index < -0.39 is 6.03 Å². The zero-order valence-electron chi connectivity index (χ0n) is 7.81. The van der Waals surface area contributed by atoms with Crippen molar-refractivity contribution in [3.63, 3.8) is 0 Å². The third-order valence-corrected chi connectivity index (χ3v) is 2.33. The van der Waals surface area contributed by atoms with E-state index in [1.54, 1.807) is 0 Å². The van der Waals surface area contributed by atoms with E-state index in [0.717, 1.165) is 6.42 Å². The molecule has 1 atom stereocenters. The van der Waals surface area contributed by atoms with Gasteiger partial charge < -0.3 is 11.1 Å². The minimum absolute atomic E-state index is 0.00164. The molecule has 0 bridgehead atoms. The highest BCUT2D eigenvalue weighted by Gasteiger charge is 2.08. The summed E-state index contributed by atoms with van der Waals surface area (Å²) in [5.74, 6) is 0.581. The molecule has 3 N–H and O–H groups in total. The van der Waals surface area contributed by atoms with Crippen LogP contribution in [0.1, 0.15) is 5.56 Å². The summed E-state index contributed by atoms with van der Waals surface area (Å²) in [5, 5.41) is 2.64. The van der Waals surface area contributed by atoms with E-state index in [2.05, 4.69) is 17.9 Å². The first kappa shape index (κ1) is 10.9. The van der Waals surface area contributed by atoms with Crippen LogP contribution in [0.2, 0.25) is 0 Å². The minimum atomic E-state index is -0.500. The third kappa shape index (κ3) is 3.70. The van der Waals surface area contributed by atoms with Crippen molar-refractivity contribution in [1.29, 1.82) is 0 Å². The summed E-state index contributed by atoms with van der Waals surface area (Å²) in [4.78, 5) is 10.6. The first-order chi connectivity index (χ1) is 6.72. The largest absolute Gasteiger partial charge is 0.352 e. The minimum Gasteiger partial charge on any atom is -0.352 e. The maximum Gasteiger partial charge on any atom is 0.312 e. The Balaban J connectivity index is 2.53. The van der Waals surface area contributed by atoms with Crippen LogP contribution in [-0.4, -0.2) is 17.8 Å². The number of amides is 2. The van der Waals surface area contributed by atoms with Gasteiger partial charge in [0.2, 0.25) is 0 Å². The Labute approximate surface area is 89.1 Å². The van der Waals surface area contributed by atoms with Gasteiger partial charge in [-0.2, -0.15) is 12.6 Å². The van der Waals surface area contributed by atoms with Crippen molar-refractivity contribution < 1.29 is 4.79 Å². The van der Waals surface area contributed by atoms with Crippen LogP contribution in [0, 0.1) is 0 Å². The van der Waals surface area contributed by atoms with Gasteiger partial charge in [0.05, 0.1) is 0 Å². The molecular weight excluding hydrogens is 196 g/mol. The number of carbonyl (C=O) groups is 1. The summed E-state index contributed by atoms with van der Waals surface area (Å²) in [7, 11) is 0. The monoisotopic (exact) mass is 210 g/mol. The zero-order chi connectivity index (χ0) is 10.4. The van der Waals surface area contributed by atoms with Crippen LogP contribution in [0.5, 0.6) is 0 Å². The molecule has 0 aliphatic heterocycles. The zero-order valence-corrected chi connectivity index (χ0v) is 8.71. The number of hydrogen-bond donors (Lipinski definition) is 3. The molecule has 1 rings (SSSR count). The highest BCUT2D eigenvalue weighted by atomic mass is 32.1. The number of nitrogens with one attached hydrogen (secondary N) is 1. The van der Waals surface area contributed by atoms with E-state index in [0.29, 0.717) is 5.75 Å². The summed E-state index contributed by atoms with van der Waals surface area (Å²) < 4.78 is 0. The lowest BCUT2D eigenvalue weighted by molar-refractivity contribution is 0.246. The van der Waals surface area contributed by atoms with Crippen molar-refractivity contribution in [3.05, 3.63) is 35.9 Å². The van der Waals surface area contributed by atoms with Gasteiger partial charge in [0.15, 0.2) is 0 Å². The second-order valence-corrected chi connectivity index (χ2v) is 3.44. The number of thiol groups is 1. The van der Waals surface area contributed by atoms with Gasteiger partial charge in [-0.3, -0.25) is 0 Å². The highest BCUT2D eigenvalue weighted by molar-refractivity contribution is 7.80. The topological polar surface area (TPSA) is 55.1 Å². The first-order valence-corrected chi connectivity index (χ1v) is 5.06. The van der Waals surface area contributed by atoms with Crippen LogP contribution in [0.25, 0.3) is 0 Å². The average molecular weight is 210 g/mol. The number of rotatable bonds is 4. The molecule has 1 aromatic rings. The number of urea groups is 1. The molecule has 76 valence electrons. The maximum atomic E-state index is 10.6. The van der Waals surface area contributed by atoms with Gasteiger partial charge in [0, 0.05) is 11.8 Å². The van der Waals surface area contributed by atoms with Gasteiger partial charge in [-0.15, -0.1) is 0 Å². The van der Waals surface area contributed by atoms with Crippen molar-refractivity contribution in [3.8, 4) is 0 Å². The lowest BCUT2D eigenvalue weighted by Crippen LogP contribution is -2.41. The van der Waals surface area contributed by atoms with Crippen LogP contribution in [0.15, 0.2) is 30.3 Å². The summed E-state index contributed by atoms with van der Waals surface area (Å²) in [5.41, 5.74) is 6.21. The molecule has 1 aromatic carbocycles. The number of benzene rings is 1. The molecule has 0 aromatic heterocycles. The molecule has 2 amide bonds. The van der Waals surface area contributed by atoms with E-state index in [-0.39, 0.29) is 6.04 Å². The molecular formula is C10H14N2OS. The molecule has 0 heterocycles. The fourth-order valence-corrected chi connectivity index (χ4v) is 1.48. The van der Waals surface area contributed by atoms with Gasteiger partial charge >= 0.3 is 6.03 Å². The lowest BCUT2D eigenvalue weighted by Gasteiger charge is -2.14. The van der Waals surface area contributed by atoms with E-state index in [4.69, 9.17) is 5.73 Å². The molecule has 0 aliphatic carbocycles.